The molecule has 168 valence electrons. The summed E-state index contributed by atoms with van der Waals surface area (Å²) in [6, 6.07) is 9.46. The Balaban J connectivity index is 1.46. The third kappa shape index (κ3) is 6.40. The number of halogens is 2. The normalized spacial score (nSPS) is 16.7. The van der Waals surface area contributed by atoms with Gasteiger partial charge in [0, 0.05) is 43.2 Å². The number of piperidine rings is 1. The number of carbonyl (C=O) groups is 1. The Labute approximate surface area is 182 Å². The second-order valence-corrected chi connectivity index (χ2v) is 7.94. The van der Waals surface area contributed by atoms with Crippen LogP contribution in [0.5, 0.6) is 11.5 Å². The highest BCUT2D eigenvalue weighted by Crippen LogP contribution is 2.25. The number of hydrogen-bond donors (Lipinski definition) is 1. The van der Waals surface area contributed by atoms with Crippen molar-refractivity contribution < 1.29 is 23.0 Å². The highest BCUT2D eigenvalue weighted by molar-refractivity contribution is 5.75. The van der Waals surface area contributed by atoms with E-state index in [0.717, 1.165) is 37.9 Å². The van der Waals surface area contributed by atoms with Crippen molar-refractivity contribution in [3.63, 3.8) is 0 Å². The van der Waals surface area contributed by atoms with Crippen molar-refractivity contribution >= 4 is 5.91 Å². The topological polar surface area (TPSA) is 50.8 Å². The van der Waals surface area contributed by atoms with E-state index in [9.17, 15) is 13.6 Å². The molecule has 2 aromatic rings. The van der Waals surface area contributed by atoms with Crippen LogP contribution in [-0.2, 0) is 17.9 Å². The maximum absolute atomic E-state index is 13.9. The number of nitrogens with one attached hydrogen (secondary N) is 1. The predicted molar refractivity (Wildman–Crippen MR) is 115 cm³/mol. The van der Waals surface area contributed by atoms with Gasteiger partial charge in [-0.25, -0.2) is 8.78 Å². The van der Waals surface area contributed by atoms with Gasteiger partial charge in [0.25, 0.3) is 0 Å². The van der Waals surface area contributed by atoms with Gasteiger partial charge in [0.1, 0.15) is 23.1 Å². The van der Waals surface area contributed by atoms with Crippen LogP contribution in [0, 0.1) is 17.6 Å². The van der Waals surface area contributed by atoms with Gasteiger partial charge >= 0.3 is 0 Å². The highest BCUT2D eigenvalue weighted by Gasteiger charge is 2.22. The molecule has 3 rings (SSSR count). The smallest absolute Gasteiger partial charge is 0.220 e. The van der Waals surface area contributed by atoms with Crippen LogP contribution in [0.4, 0.5) is 8.78 Å². The molecular weight excluding hydrogens is 402 g/mol. The Morgan fingerprint density at radius 3 is 2.65 bits per heavy atom. The first-order chi connectivity index (χ1) is 15.0. The van der Waals surface area contributed by atoms with Crippen LogP contribution in [0.15, 0.2) is 36.4 Å². The summed E-state index contributed by atoms with van der Waals surface area (Å²) < 4.78 is 38.4. The quantitative estimate of drug-likeness (QED) is 0.642. The first kappa shape index (κ1) is 23.0. The van der Waals surface area contributed by atoms with E-state index in [4.69, 9.17) is 9.47 Å². The van der Waals surface area contributed by atoms with Crippen LogP contribution in [0.25, 0.3) is 0 Å². The number of rotatable bonds is 9. The summed E-state index contributed by atoms with van der Waals surface area (Å²) in [6.07, 6.45) is 3.16. The van der Waals surface area contributed by atoms with Gasteiger partial charge in [0.15, 0.2) is 0 Å². The fraction of sp³-hybridized carbons (Fsp3) is 0.458. The maximum Gasteiger partial charge on any atom is 0.220 e. The first-order valence-electron chi connectivity index (χ1n) is 10.6. The molecule has 1 atom stereocenters. The largest absolute Gasteiger partial charge is 0.497 e. The first-order valence-corrected chi connectivity index (χ1v) is 10.6. The molecule has 5 nitrogen and oxygen atoms in total. The predicted octanol–water partition coefficient (Wildman–Crippen LogP) is 4.29. The van der Waals surface area contributed by atoms with Crippen LogP contribution in [0.2, 0.25) is 0 Å². The Hall–Kier alpha value is -2.67. The van der Waals surface area contributed by atoms with E-state index >= 15 is 0 Å². The van der Waals surface area contributed by atoms with Crippen molar-refractivity contribution in [2.45, 2.75) is 38.8 Å². The minimum atomic E-state index is -0.504. The lowest BCUT2D eigenvalue weighted by atomic mass is 9.93. The summed E-state index contributed by atoms with van der Waals surface area (Å²) in [4.78, 5) is 14.4. The van der Waals surface area contributed by atoms with Crippen molar-refractivity contribution in [3.05, 3.63) is 59.2 Å². The van der Waals surface area contributed by atoms with E-state index in [1.54, 1.807) is 20.3 Å². The molecule has 1 aliphatic rings. The van der Waals surface area contributed by atoms with E-state index in [1.165, 1.54) is 18.2 Å². The van der Waals surface area contributed by atoms with Crippen LogP contribution in [0.1, 0.15) is 36.8 Å². The molecule has 0 aliphatic carbocycles. The molecule has 1 N–H and O–H groups in total. The van der Waals surface area contributed by atoms with Crippen molar-refractivity contribution in [2.75, 3.05) is 27.3 Å². The molecule has 0 spiro atoms. The zero-order chi connectivity index (χ0) is 22.2. The number of ether oxygens (including phenoxy) is 2. The molecular formula is C24H30F2N2O3. The minimum Gasteiger partial charge on any atom is -0.497 e. The molecule has 1 fully saturated rings. The summed E-state index contributed by atoms with van der Waals surface area (Å²) in [7, 11) is 3.18. The second-order valence-electron chi connectivity index (χ2n) is 7.94. The fourth-order valence-corrected chi connectivity index (χ4v) is 4.05. The Morgan fingerprint density at radius 2 is 1.94 bits per heavy atom. The van der Waals surface area contributed by atoms with Crippen LogP contribution in [-0.4, -0.2) is 38.1 Å². The van der Waals surface area contributed by atoms with Gasteiger partial charge in [0.05, 0.1) is 14.2 Å². The SMILES string of the molecule is COc1ccc(CNC(=O)CCC2CCCN(Cc3c(F)cccc3F)C2)c(OC)c1. The summed E-state index contributed by atoms with van der Waals surface area (Å²) >= 11 is 0. The second kappa shape index (κ2) is 11.1. The van der Waals surface area contributed by atoms with E-state index in [-0.39, 0.29) is 18.0 Å². The average molecular weight is 433 g/mol. The van der Waals surface area contributed by atoms with E-state index in [2.05, 4.69) is 10.2 Å². The molecule has 0 radical (unpaired) electrons. The number of methoxy groups -OCH3 is 2. The number of hydrogen-bond acceptors (Lipinski definition) is 4. The average Bonchev–Trinajstić information content (AvgIpc) is 2.79. The zero-order valence-corrected chi connectivity index (χ0v) is 18.1. The Bertz CT molecular complexity index is 871. The summed E-state index contributed by atoms with van der Waals surface area (Å²) in [6.45, 7) is 2.20. The lowest BCUT2D eigenvalue weighted by molar-refractivity contribution is -0.121. The van der Waals surface area contributed by atoms with Crippen LogP contribution >= 0.6 is 0 Å². The van der Waals surface area contributed by atoms with Gasteiger partial charge < -0.3 is 14.8 Å². The summed E-state index contributed by atoms with van der Waals surface area (Å²) in [5.74, 6) is 0.679. The molecule has 31 heavy (non-hydrogen) atoms. The number of likely N-dealkylation sites (tertiary alicyclic amines) is 1. The van der Waals surface area contributed by atoms with Crippen molar-refractivity contribution in [1.29, 1.82) is 0 Å². The van der Waals surface area contributed by atoms with E-state index in [0.29, 0.717) is 30.4 Å². The molecule has 1 saturated heterocycles. The zero-order valence-electron chi connectivity index (χ0n) is 18.1. The van der Waals surface area contributed by atoms with Crippen LogP contribution in [0.3, 0.4) is 0 Å². The molecule has 1 aliphatic heterocycles. The maximum atomic E-state index is 13.9. The van der Waals surface area contributed by atoms with Gasteiger partial charge in [-0.05, 0) is 56.0 Å². The van der Waals surface area contributed by atoms with Crippen LogP contribution < -0.4 is 14.8 Å². The number of amides is 1. The van der Waals surface area contributed by atoms with Gasteiger partial charge in [-0.1, -0.05) is 6.07 Å². The monoisotopic (exact) mass is 432 g/mol. The Morgan fingerprint density at radius 1 is 1.16 bits per heavy atom. The minimum absolute atomic E-state index is 0.0184. The molecule has 1 heterocycles. The van der Waals surface area contributed by atoms with Gasteiger partial charge in [-0.3, -0.25) is 9.69 Å². The van der Waals surface area contributed by atoms with Gasteiger partial charge in [-0.15, -0.1) is 0 Å². The molecule has 2 aromatic carbocycles. The third-order valence-corrected chi connectivity index (χ3v) is 5.80. The number of carbonyl (C=O) groups excluding carboxylic acids is 1. The molecule has 1 amide bonds. The number of benzene rings is 2. The van der Waals surface area contributed by atoms with Crippen molar-refractivity contribution in [1.82, 2.24) is 10.2 Å². The Kier molecular flexibility index (Phi) is 8.23. The highest BCUT2D eigenvalue weighted by atomic mass is 19.1. The molecule has 0 bridgehead atoms. The summed E-state index contributed by atoms with van der Waals surface area (Å²) in [5, 5.41) is 2.94. The van der Waals surface area contributed by atoms with Gasteiger partial charge in [-0.2, -0.15) is 0 Å². The van der Waals surface area contributed by atoms with Crippen molar-refractivity contribution in [3.8, 4) is 11.5 Å². The molecule has 1 unspecified atom stereocenters. The van der Waals surface area contributed by atoms with Crippen molar-refractivity contribution in [2.24, 2.45) is 5.92 Å². The molecule has 0 aromatic heterocycles. The lowest BCUT2D eigenvalue weighted by Crippen LogP contribution is -2.36. The fourth-order valence-electron chi connectivity index (χ4n) is 4.05. The third-order valence-electron chi connectivity index (χ3n) is 5.80. The summed E-state index contributed by atoms with van der Waals surface area (Å²) in [5.41, 5.74) is 1.00. The number of nitrogens with zero attached hydrogens (tertiary/aromatic N) is 1. The lowest BCUT2D eigenvalue weighted by Gasteiger charge is -2.32. The van der Waals surface area contributed by atoms with E-state index < -0.39 is 11.6 Å². The standard InChI is InChI=1S/C24H30F2N2O3/c1-30-19-10-9-18(23(13-19)31-2)14-27-24(29)11-8-17-5-4-12-28(15-17)16-20-21(25)6-3-7-22(20)26/h3,6-7,9-10,13,17H,4-5,8,11-12,14-16H2,1-2H3,(H,27,29). The molecule has 0 saturated carbocycles. The molecule has 7 heteroatoms. The van der Waals surface area contributed by atoms with Gasteiger partial charge in [0.2, 0.25) is 5.91 Å². The van der Waals surface area contributed by atoms with E-state index in [1.807, 2.05) is 12.1 Å².